The van der Waals surface area contributed by atoms with Crippen molar-refractivity contribution in [1.29, 1.82) is 0 Å². The maximum absolute atomic E-state index is 9.42. The van der Waals surface area contributed by atoms with Crippen LogP contribution in [0.15, 0.2) is 24.4 Å². The Balaban J connectivity index is 2.54. The number of aliphatic hydroxyl groups excluding tert-OH is 1. The van der Waals surface area contributed by atoms with Gasteiger partial charge in [0, 0.05) is 24.8 Å². The van der Waals surface area contributed by atoms with Gasteiger partial charge in [0.05, 0.1) is 11.2 Å². The first kappa shape index (κ1) is 10.3. The van der Waals surface area contributed by atoms with E-state index in [1.165, 1.54) is 7.11 Å². The van der Waals surface area contributed by atoms with Gasteiger partial charge in [0.15, 0.2) is 6.29 Å². The lowest BCUT2D eigenvalue weighted by molar-refractivity contribution is -0.0796. The molecule has 0 saturated carbocycles. The van der Waals surface area contributed by atoms with Crippen molar-refractivity contribution in [3.05, 3.63) is 35.2 Å². The van der Waals surface area contributed by atoms with E-state index < -0.39 is 6.29 Å². The van der Waals surface area contributed by atoms with Crippen LogP contribution in [0.1, 0.15) is 12.0 Å². The molecule has 0 aromatic carbocycles. The standard InChI is InChI=1S/C10H9ClN2O2/c1-15-10(14)7-3-2-6-5-12-9(11)4-8(6)13-7/h2-5,10,14H,1H3. The minimum absolute atomic E-state index is 0.374. The van der Waals surface area contributed by atoms with E-state index in [1.54, 1.807) is 18.3 Å². The van der Waals surface area contributed by atoms with Crippen LogP contribution in [-0.2, 0) is 4.74 Å². The van der Waals surface area contributed by atoms with Crippen LogP contribution in [-0.4, -0.2) is 22.2 Å². The highest BCUT2D eigenvalue weighted by atomic mass is 35.5. The number of nitrogens with zero attached hydrogens (tertiary/aromatic N) is 2. The summed E-state index contributed by atoms with van der Waals surface area (Å²) in [6, 6.07) is 5.14. The van der Waals surface area contributed by atoms with Gasteiger partial charge < -0.3 is 9.84 Å². The van der Waals surface area contributed by atoms with Crippen molar-refractivity contribution in [3.8, 4) is 0 Å². The molecule has 5 heteroatoms. The molecule has 0 aliphatic carbocycles. The molecule has 0 aliphatic rings. The zero-order valence-corrected chi connectivity index (χ0v) is 8.77. The Morgan fingerprint density at radius 1 is 1.47 bits per heavy atom. The number of fused-ring (bicyclic) bond motifs is 1. The summed E-state index contributed by atoms with van der Waals surface area (Å²) in [4.78, 5) is 8.14. The van der Waals surface area contributed by atoms with E-state index >= 15 is 0 Å². The van der Waals surface area contributed by atoms with E-state index in [9.17, 15) is 5.11 Å². The highest BCUT2D eigenvalue weighted by molar-refractivity contribution is 6.29. The van der Waals surface area contributed by atoms with Crippen LogP contribution in [0.5, 0.6) is 0 Å². The SMILES string of the molecule is COC(O)c1ccc2cnc(Cl)cc2n1. The first-order valence-electron chi connectivity index (χ1n) is 4.34. The van der Waals surface area contributed by atoms with Gasteiger partial charge in [0.2, 0.25) is 0 Å². The molecular formula is C10H9ClN2O2. The molecule has 0 bridgehead atoms. The normalized spacial score (nSPS) is 13.0. The molecule has 0 radical (unpaired) electrons. The van der Waals surface area contributed by atoms with E-state index in [2.05, 4.69) is 9.97 Å². The molecule has 0 aliphatic heterocycles. The fourth-order valence-electron chi connectivity index (χ4n) is 1.27. The summed E-state index contributed by atoms with van der Waals surface area (Å²) >= 11 is 5.74. The molecule has 2 rings (SSSR count). The second kappa shape index (κ2) is 4.10. The van der Waals surface area contributed by atoms with Gasteiger partial charge in [-0.25, -0.2) is 9.97 Å². The molecule has 4 nitrogen and oxygen atoms in total. The largest absolute Gasteiger partial charge is 0.363 e. The molecule has 2 heterocycles. The lowest BCUT2D eigenvalue weighted by Crippen LogP contribution is -2.02. The molecule has 0 fully saturated rings. The Hall–Kier alpha value is -1.23. The van der Waals surface area contributed by atoms with E-state index in [0.717, 1.165) is 5.39 Å². The summed E-state index contributed by atoms with van der Waals surface area (Å²) in [5.74, 6) is 0. The predicted molar refractivity (Wildman–Crippen MR) is 56.5 cm³/mol. The maximum atomic E-state index is 9.42. The third-order valence-corrected chi connectivity index (χ3v) is 2.24. The highest BCUT2D eigenvalue weighted by Crippen LogP contribution is 2.18. The zero-order valence-electron chi connectivity index (χ0n) is 8.01. The number of methoxy groups -OCH3 is 1. The van der Waals surface area contributed by atoms with Crippen LogP contribution in [0.2, 0.25) is 5.15 Å². The van der Waals surface area contributed by atoms with Crippen molar-refractivity contribution in [1.82, 2.24) is 9.97 Å². The molecule has 2 aromatic rings. The number of hydrogen-bond donors (Lipinski definition) is 1. The van der Waals surface area contributed by atoms with Crippen LogP contribution < -0.4 is 0 Å². The number of pyridine rings is 2. The Kier molecular flexibility index (Phi) is 2.81. The van der Waals surface area contributed by atoms with E-state index in [1.807, 2.05) is 6.07 Å². The zero-order chi connectivity index (χ0) is 10.8. The molecule has 0 amide bonds. The molecule has 78 valence electrons. The van der Waals surface area contributed by atoms with E-state index in [-0.39, 0.29) is 0 Å². The molecule has 0 saturated heterocycles. The summed E-state index contributed by atoms with van der Waals surface area (Å²) in [5, 5.41) is 10.7. The minimum Gasteiger partial charge on any atom is -0.363 e. The predicted octanol–water partition coefficient (Wildman–Crippen LogP) is 1.92. The number of aromatic nitrogens is 2. The Labute approximate surface area is 91.5 Å². The van der Waals surface area contributed by atoms with Gasteiger partial charge in [-0.05, 0) is 12.1 Å². The van der Waals surface area contributed by atoms with Crippen molar-refractivity contribution < 1.29 is 9.84 Å². The van der Waals surface area contributed by atoms with Gasteiger partial charge in [-0.15, -0.1) is 0 Å². The van der Waals surface area contributed by atoms with Gasteiger partial charge in [0.1, 0.15) is 5.15 Å². The Bertz CT molecular complexity index is 490. The lowest BCUT2D eigenvalue weighted by Gasteiger charge is -2.08. The van der Waals surface area contributed by atoms with Crippen molar-refractivity contribution in [2.45, 2.75) is 6.29 Å². The Morgan fingerprint density at radius 3 is 3.00 bits per heavy atom. The number of hydrogen-bond acceptors (Lipinski definition) is 4. The lowest BCUT2D eigenvalue weighted by atomic mass is 10.2. The number of ether oxygens (including phenoxy) is 1. The van der Waals surface area contributed by atoms with Gasteiger partial charge in [-0.3, -0.25) is 0 Å². The quantitative estimate of drug-likeness (QED) is 0.626. The maximum Gasteiger partial charge on any atom is 0.198 e. The topological polar surface area (TPSA) is 55.2 Å². The summed E-state index contributed by atoms with van der Waals surface area (Å²) in [7, 11) is 1.41. The van der Waals surface area contributed by atoms with Crippen molar-refractivity contribution >= 4 is 22.5 Å². The first-order chi connectivity index (χ1) is 7.20. The van der Waals surface area contributed by atoms with Crippen molar-refractivity contribution in [2.75, 3.05) is 7.11 Å². The van der Waals surface area contributed by atoms with Crippen LogP contribution in [0, 0.1) is 0 Å². The van der Waals surface area contributed by atoms with E-state index in [0.29, 0.717) is 16.4 Å². The third kappa shape index (κ3) is 2.07. The van der Waals surface area contributed by atoms with Crippen LogP contribution in [0.3, 0.4) is 0 Å². The first-order valence-corrected chi connectivity index (χ1v) is 4.71. The van der Waals surface area contributed by atoms with Gasteiger partial charge in [0.25, 0.3) is 0 Å². The fourth-order valence-corrected chi connectivity index (χ4v) is 1.42. The monoisotopic (exact) mass is 224 g/mol. The molecule has 1 atom stereocenters. The number of rotatable bonds is 2. The molecule has 2 aromatic heterocycles. The molecular weight excluding hydrogens is 216 g/mol. The molecule has 0 spiro atoms. The average Bonchev–Trinajstić information content (AvgIpc) is 2.27. The smallest absolute Gasteiger partial charge is 0.198 e. The molecule has 15 heavy (non-hydrogen) atoms. The van der Waals surface area contributed by atoms with E-state index in [4.69, 9.17) is 16.3 Å². The molecule has 1 N–H and O–H groups in total. The summed E-state index contributed by atoms with van der Waals surface area (Å²) in [6.07, 6.45) is 0.620. The van der Waals surface area contributed by atoms with Gasteiger partial charge in [-0.1, -0.05) is 11.6 Å². The number of halogens is 1. The van der Waals surface area contributed by atoms with Gasteiger partial charge in [-0.2, -0.15) is 0 Å². The van der Waals surface area contributed by atoms with Crippen molar-refractivity contribution in [3.63, 3.8) is 0 Å². The third-order valence-electron chi connectivity index (χ3n) is 2.04. The summed E-state index contributed by atoms with van der Waals surface area (Å²) in [6.45, 7) is 0. The second-order valence-electron chi connectivity index (χ2n) is 3.02. The van der Waals surface area contributed by atoms with Gasteiger partial charge >= 0.3 is 0 Å². The summed E-state index contributed by atoms with van der Waals surface area (Å²) < 4.78 is 4.76. The fraction of sp³-hybridized carbons (Fsp3) is 0.200. The molecule has 1 unspecified atom stereocenters. The minimum atomic E-state index is -1.01. The average molecular weight is 225 g/mol. The van der Waals surface area contributed by atoms with Crippen LogP contribution >= 0.6 is 11.6 Å². The Morgan fingerprint density at radius 2 is 2.27 bits per heavy atom. The summed E-state index contributed by atoms with van der Waals surface area (Å²) in [5.41, 5.74) is 1.14. The van der Waals surface area contributed by atoms with Crippen LogP contribution in [0.25, 0.3) is 10.9 Å². The second-order valence-corrected chi connectivity index (χ2v) is 3.41. The van der Waals surface area contributed by atoms with Crippen LogP contribution in [0.4, 0.5) is 0 Å². The highest BCUT2D eigenvalue weighted by Gasteiger charge is 2.08. The van der Waals surface area contributed by atoms with Crippen molar-refractivity contribution in [2.24, 2.45) is 0 Å². The number of aliphatic hydroxyl groups is 1.